The molecule has 16 heavy (non-hydrogen) atoms. The Hall–Kier alpha value is -1.89. The predicted octanol–water partition coefficient (Wildman–Crippen LogP) is -0.127. The fourth-order valence-electron chi connectivity index (χ4n) is 1.03. The molecular weight excluding hydrogens is 214 g/mol. The molecule has 0 aliphatic carbocycles. The molecule has 0 saturated heterocycles. The fraction of sp³-hybridized carbons (Fsp3) is 0.444. The van der Waals surface area contributed by atoms with Gasteiger partial charge in [0, 0.05) is 13.7 Å². The van der Waals surface area contributed by atoms with E-state index < -0.39 is 11.9 Å². The number of hydrogen-bond donors (Lipinski definition) is 3. The van der Waals surface area contributed by atoms with Crippen molar-refractivity contribution in [2.75, 3.05) is 13.7 Å². The Bertz CT molecular complexity index is 388. The number of aromatic carboxylic acids is 1. The van der Waals surface area contributed by atoms with Crippen molar-refractivity contribution >= 4 is 11.9 Å². The zero-order valence-electron chi connectivity index (χ0n) is 8.98. The Labute approximate surface area is 91.8 Å². The molecule has 1 rings (SSSR count). The molecule has 0 aliphatic heterocycles. The number of H-pyrrole nitrogens is 1. The first-order valence-corrected chi connectivity index (χ1v) is 4.64. The Morgan fingerprint density at radius 2 is 2.38 bits per heavy atom. The number of aromatic amines is 1. The standard InChI is InChI=1S/C9H13N3O4/c1-5(16-2)3-10-8(13)6-7(9(14)15)12-4-11-6/h4-5H,3H2,1-2H3,(H,10,13)(H,11,12)(H,14,15). The van der Waals surface area contributed by atoms with E-state index in [2.05, 4.69) is 15.3 Å². The number of aromatic nitrogens is 2. The minimum Gasteiger partial charge on any atom is -0.477 e. The molecule has 0 aromatic carbocycles. The second-order valence-corrected chi connectivity index (χ2v) is 3.19. The second-order valence-electron chi connectivity index (χ2n) is 3.19. The van der Waals surface area contributed by atoms with Gasteiger partial charge in [-0.1, -0.05) is 0 Å². The van der Waals surface area contributed by atoms with Crippen LogP contribution in [0, 0.1) is 0 Å². The zero-order valence-corrected chi connectivity index (χ0v) is 8.98. The highest BCUT2D eigenvalue weighted by Gasteiger charge is 2.19. The molecule has 1 heterocycles. The molecule has 1 atom stereocenters. The van der Waals surface area contributed by atoms with E-state index in [1.807, 2.05) is 0 Å². The number of methoxy groups -OCH3 is 1. The SMILES string of the molecule is COC(C)CNC(=O)c1nc[nH]c1C(=O)O. The van der Waals surface area contributed by atoms with Gasteiger partial charge in [-0.2, -0.15) is 0 Å². The molecule has 1 unspecified atom stereocenters. The summed E-state index contributed by atoms with van der Waals surface area (Å²) in [5.41, 5.74) is -0.349. The van der Waals surface area contributed by atoms with E-state index in [4.69, 9.17) is 9.84 Å². The highest BCUT2D eigenvalue weighted by atomic mass is 16.5. The summed E-state index contributed by atoms with van der Waals surface area (Å²) in [5, 5.41) is 11.3. The maximum absolute atomic E-state index is 11.5. The van der Waals surface area contributed by atoms with E-state index in [9.17, 15) is 9.59 Å². The molecular formula is C9H13N3O4. The van der Waals surface area contributed by atoms with E-state index in [1.54, 1.807) is 6.92 Å². The van der Waals surface area contributed by atoms with E-state index in [-0.39, 0.29) is 17.5 Å². The number of amides is 1. The van der Waals surface area contributed by atoms with Gasteiger partial charge in [-0.05, 0) is 6.92 Å². The lowest BCUT2D eigenvalue weighted by atomic mass is 10.3. The number of carboxylic acid groups (broad SMARTS) is 1. The zero-order chi connectivity index (χ0) is 12.1. The van der Waals surface area contributed by atoms with Gasteiger partial charge in [-0.15, -0.1) is 0 Å². The van der Waals surface area contributed by atoms with Gasteiger partial charge in [0.05, 0.1) is 12.4 Å². The summed E-state index contributed by atoms with van der Waals surface area (Å²) >= 11 is 0. The van der Waals surface area contributed by atoms with Crippen LogP contribution in [0.25, 0.3) is 0 Å². The van der Waals surface area contributed by atoms with Gasteiger partial charge < -0.3 is 20.1 Å². The average Bonchev–Trinajstić information content (AvgIpc) is 2.74. The molecule has 0 spiro atoms. The Morgan fingerprint density at radius 1 is 1.69 bits per heavy atom. The topological polar surface area (TPSA) is 104 Å². The number of hydrogen-bond acceptors (Lipinski definition) is 4. The molecule has 1 aromatic rings. The Balaban J connectivity index is 2.66. The van der Waals surface area contributed by atoms with E-state index >= 15 is 0 Å². The molecule has 1 aromatic heterocycles. The van der Waals surface area contributed by atoms with Crippen molar-refractivity contribution in [1.29, 1.82) is 0 Å². The number of nitrogens with zero attached hydrogens (tertiary/aromatic N) is 1. The smallest absolute Gasteiger partial charge is 0.354 e. The summed E-state index contributed by atoms with van der Waals surface area (Å²) in [6.07, 6.45) is 1.02. The van der Waals surface area contributed by atoms with Gasteiger partial charge in [-0.3, -0.25) is 4.79 Å². The van der Waals surface area contributed by atoms with Crippen LogP contribution >= 0.6 is 0 Å². The van der Waals surface area contributed by atoms with Gasteiger partial charge in [0.1, 0.15) is 0 Å². The summed E-state index contributed by atoms with van der Waals surface area (Å²) < 4.78 is 4.94. The van der Waals surface area contributed by atoms with Gasteiger partial charge in [0.15, 0.2) is 11.4 Å². The molecule has 0 fully saturated rings. The van der Waals surface area contributed by atoms with Crippen molar-refractivity contribution in [2.24, 2.45) is 0 Å². The number of rotatable bonds is 5. The van der Waals surface area contributed by atoms with E-state index in [0.29, 0.717) is 6.54 Å². The minimum absolute atomic E-state index is 0.129. The Kier molecular flexibility index (Phi) is 4.01. The molecule has 88 valence electrons. The maximum Gasteiger partial charge on any atom is 0.354 e. The van der Waals surface area contributed by atoms with Crippen LogP contribution in [0.1, 0.15) is 27.9 Å². The van der Waals surface area contributed by atoms with Gasteiger partial charge in [0.2, 0.25) is 0 Å². The lowest BCUT2D eigenvalue weighted by Crippen LogP contribution is -2.32. The van der Waals surface area contributed by atoms with Crippen LogP contribution in [-0.2, 0) is 4.74 Å². The largest absolute Gasteiger partial charge is 0.477 e. The first-order chi connectivity index (χ1) is 7.56. The fourth-order valence-corrected chi connectivity index (χ4v) is 1.03. The number of carboxylic acids is 1. The lowest BCUT2D eigenvalue weighted by molar-refractivity contribution is 0.0683. The van der Waals surface area contributed by atoms with Gasteiger partial charge >= 0.3 is 5.97 Å². The first-order valence-electron chi connectivity index (χ1n) is 4.64. The monoisotopic (exact) mass is 227 g/mol. The summed E-state index contributed by atoms with van der Waals surface area (Å²) in [5.74, 6) is -1.76. The third-order valence-corrected chi connectivity index (χ3v) is 2.02. The number of ether oxygens (including phenoxy) is 1. The number of carbonyl (C=O) groups is 2. The van der Waals surface area contributed by atoms with Crippen molar-refractivity contribution in [2.45, 2.75) is 13.0 Å². The minimum atomic E-state index is -1.22. The van der Waals surface area contributed by atoms with E-state index in [1.165, 1.54) is 7.11 Å². The average molecular weight is 227 g/mol. The predicted molar refractivity (Wildman–Crippen MR) is 54.4 cm³/mol. The maximum atomic E-state index is 11.5. The normalized spacial score (nSPS) is 12.1. The lowest BCUT2D eigenvalue weighted by Gasteiger charge is -2.09. The van der Waals surface area contributed by atoms with Crippen LogP contribution < -0.4 is 5.32 Å². The number of carbonyl (C=O) groups excluding carboxylic acids is 1. The molecule has 3 N–H and O–H groups in total. The van der Waals surface area contributed by atoms with Crippen LogP contribution in [0.3, 0.4) is 0 Å². The third-order valence-electron chi connectivity index (χ3n) is 2.02. The Morgan fingerprint density at radius 3 is 2.94 bits per heavy atom. The summed E-state index contributed by atoms with van der Waals surface area (Å²) in [4.78, 5) is 28.3. The van der Waals surface area contributed by atoms with Crippen molar-refractivity contribution in [3.05, 3.63) is 17.7 Å². The highest BCUT2D eigenvalue weighted by Crippen LogP contribution is 2.02. The third kappa shape index (κ3) is 2.80. The quantitative estimate of drug-likeness (QED) is 0.650. The molecule has 0 bridgehead atoms. The summed E-state index contributed by atoms with van der Waals surface area (Å²) in [6, 6.07) is 0. The molecule has 0 aliphatic rings. The van der Waals surface area contributed by atoms with Crippen molar-refractivity contribution in [3.8, 4) is 0 Å². The highest BCUT2D eigenvalue weighted by molar-refractivity contribution is 6.02. The molecule has 7 nitrogen and oxygen atoms in total. The van der Waals surface area contributed by atoms with Crippen LogP contribution in [0.15, 0.2) is 6.33 Å². The van der Waals surface area contributed by atoms with Crippen LogP contribution in [0.4, 0.5) is 0 Å². The number of imidazole rings is 1. The van der Waals surface area contributed by atoms with Crippen molar-refractivity contribution < 1.29 is 19.4 Å². The van der Waals surface area contributed by atoms with Crippen LogP contribution in [0.5, 0.6) is 0 Å². The van der Waals surface area contributed by atoms with Gasteiger partial charge in [-0.25, -0.2) is 9.78 Å². The van der Waals surface area contributed by atoms with E-state index in [0.717, 1.165) is 6.33 Å². The summed E-state index contributed by atoms with van der Waals surface area (Å²) in [6.45, 7) is 2.07. The van der Waals surface area contributed by atoms with Crippen molar-refractivity contribution in [3.63, 3.8) is 0 Å². The molecule has 7 heteroatoms. The van der Waals surface area contributed by atoms with Crippen LogP contribution in [0.2, 0.25) is 0 Å². The van der Waals surface area contributed by atoms with Gasteiger partial charge in [0.25, 0.3) is 5.91 Å². The van der Waals surface area contributed by atoms with Crippen LogP contribution in [-0.4, -0.2) is 46.7 Å². The second kappa shape index (κ2) is 5.26. The summed E-state index contributed by atoms with van der Waals surface area (Å²) in [7, 11) is 1.52. The molecule has 0 saturated carbocycles. The molecule has 0 radical (unpaired) electrons. The number of nitrogens with one attached hydrogen (secondary N) is 2. The molecule has 1 amide bonds. The first kappa shape index (κ1) is 12.2. The van der Waals surface area contributed by atoms with Crippen molar-refractivity contribution in [1.82, 2.24) is 15.3 Å².